The number of hydrogen-bond donors (Lipinski definition) is 1. The molecule has 0 saturated heterocycles. The van der Waals surface area contributed by atoms with E-state index in [9.17, 15) is 8.42 Å². The lowest BCUT2D eigenvalue weighted by atomic mass is 10.1. The second-order valence-electron chi connectivity index (χ2n) is 6.46. The fraction of sp³-hybridized carbons (Fsp3) is 0.0909. The Balaban J connectivity index is 1.53. The fourth-order valence-electron chi connectivity index (χ4n) is 3.00. The van der Waals surface area contributed by atoms with Gasteiger partial charge in [0.05, 0.1) is 29.9 Å². The Bertz CT molecular complexity index is 1260. The maximum absolute atomic E-state index is 12.7. The van der Waals surface area contributed by atoms with Gasteiger partial charge in [0.2, 0.25) is 10.0 Å². The van der Waals surface area contributed by atoms with Crippen molar-refractivity contribution in [1.82, 2.24) is 14.7 Å². The molecule has 0 fully saturated rings. The van der Waals surface area contributed by atoms with E-state index in [2.05, 4.69) is 14.7 Å². The van der Waals surface area contributed by atoms with E-state index in [1.165, 1.54) is 6.33 Å². The van der Waals surface area contributed by atoms with Crippen LogP contribution in [0.4, 0.5) is 0 Å². The highest BCUT2D eigenvalue weighted by atomic mass is 32.2. The summed E-state index contributed by atoms with van der Waals surface area (Å²) < 4.78 is 33.2. The van der Waals surface area contributed by atoms with Crippen LogP contribution in [-0.2, 0) is 16.6 Å². The van der Waals surface area contributed by atoms with Crippen molar-refractivity contribution >= 4 is 20.8 Å². The Morgan fingerprint density at radius 2 is 1.66 bits per heavy atom. The van der Waals surface area contributed by atoms with E-state index in [-0.39, 0.29) is 11.4 Å². The van der Waals surface area contributed by atoms with Crippen LogP contribution in [0.15, 0.2) is 84.0 Å². The van der Waals surface area contributed by atoms with E-state index in [0.29, 0.717) is 11.4 Å². The molecule has 7 heteroatoms. The van der Waals surface area contributed by atoms with Gasteiger partial charge in [0.15, 0.2) is 0 Å². The van der Waals surface area contributed by atoms with Gasteiger partial charge in [-0.25, -0.2) is 23.1 Å². The second-order valence-corrected chi connectivity index (χ2v) is 8.22. The van der Waals surface area contributed by atoms with Crippen LogP contribution in [0.3, 0.4) is 0 Å². The van der Waals surface area contributed by atoms with Crippen molar-refractivity contribution in [3.8, 4) is 17.0 Å². The topological polar surface area (TPSA) is 81.2 Å². The minimum absolute atomic E-state index is 0.0703. The quantitative estimate of drug-likeness (QED) is 0.528. The van der Waals surface area contributed by atoms with Crippen molar-refractivity contribution in [3.63, 3.8) is 0 Å². The summed E-state index contributed by atoms with van der Waals surface area (Å²) in [6, 6.07) is 22.0. The molecule has 0 unspecified atom stereocenters. The number of rotatable bonds is 6. The minimum atomic E-state index is -3.66. The SMILES string of the molecule is COc1ccc(-c2cc(CNS(=O)(=O)c3ccc4ccccc4c3)ncn2)cc1. The van der Waals surface area contributed by atoms with Gasteiger partial charge in [0.25, 0.3) is 0 Å². The van der Waals surface area contributed by atoms with Crippen LogP contribution in [0.5, 0.6) is 5.75 Å². The summed E-state index contributed by atoms with van der Waals surface area (Å²) in [5.41, 5.74) is 2.18. The maximum atomic E-state index is 12.7. The first-order chi connectivity index (χ1) is 14.0. The summed E-state index contributed by atoms with van der Waals surface area (Å²) in [5.74, 6) is 0.756. The molecule has 0 radical (unpaired) electrons. The first-order valence-electron chi connectivity index (χ1n) is 8.99. The molecule has 0 atom stereocenters. The third kappa shape index (κ3) is 4.26. The predicted octanol–water partition coefficient (Wildman–Crippen LogP) is 3.78. The summed E-state index contributed by atoms with van der Waals surface area (Å²) in [6.45, 7) is 0.0703. The number of nitrogens with zero attached hydrogens (tertiary/aromatic N) is 2. The van der Waals surface area contributed by atoms with Gasteiger partial charge in [-0.2, -0.15) is 0 Å². The van der Waals surface area contributed by atoms with Crippen LogP contribution in [0.1, 0.15) is 5.69 Å². The first kappa shape index (κ1) is 19.0. The number of hydrogen-bond acceptors (Lipinski definition) is 5. The van der Waals surface area contributed by atoms with Crippen LogP contribution < -0.4 is 9.46 Å². The molecule has 4 rings (SSSR count). The van der Waals surface area contributed by atoms with Gasteiger partial charge >= 0.3 is 0 Å². The molecule has 146 valence electrons. The van der Waals surface area contributed by atoms with Gasteiger partial charge < -0.3 is 4.74 Å². The Kier molecular flexibility index (Phi) is 5.24. The second kappa shape index (κ2) is 7.98. The van der Waals surface area contributed by atoms with Crippen LogP contribution in [0.2, 0.25) is 0 Å². The molecule has 1 aromatic heterocycles. The highest BCUT2D eigenvalue weighted by Gasteiger charge is 2.15. The molecule has 0 spiro atoms. The van der Waals surface area contributed by atoms with Crippen molar-refractivity contribution in [2.75, 3.05) is 7.11 Å². The van der Waals surface area contributed by atoms with E-state index < -0.39 is 10.0 Å². The van der Waals surface area contributed by atoms with Crippen molar-refractivity contribution in [2.24, 2.45) is 0 Å². The largest absolute Gasteiger partial charge is 0.497 e. The van der Waals surface area contributed by atoms with E-state index in [1.807, 2.05) is 48.5 Å². The monoisotopic (exact) mass is 405 g/mol. The van der Waals surface area contributed by atoms with Crippen LogP contribution >= 0.6 is 0 Å². The zero-order valence-corrected chi connectivity index (χ0v) is 16.6. The van der Waals surface area contributed by atoms with Crippen molar-refractivity contribution in [1.29, 1.82) is 0 Å². The van der Waals surface area contributed by atoms with Crippen molar-refractivity contribution < 1.29 is 13.2 Å². The number of sulfonamides is 1. The average Bonchev–Trinajstić information content (AvgIpc) is 2.78. The standard InChI is InChI=1S/C22H19N3O3S/c1-28-20-9-6-17(7-10-20)22-13-19(23-15-24-22)14-25-29(26,27)21-11-8-16-4-2-3-5-18(16)12-21/h2-13,15,25H,14H2,1H3. The summed E-state index contributed by atoms with van der Waals surface area (Å²) in [7, 11) is -2.05. The van der Waals surface area contributed by atoms with Gasteiger partial charge in [0, 0.05) is 5.56 Å². The molecular formula is C22H19N3O3S. The molecule has 0 aliphatic carbocycles. The van der Waals surface area contributed by atoms with E-state index >= 15 is 0 Å². The smallest absolute Gasteiger partial charge is 0.240 e. The first-order valence-corrected chi connectivity index (χ1v) is 10.5. The highest BCUT2D eigenvalue weighted by Crippen LogP contribution is 2.21. The number of fused-ring (bicyclic) bond motifs is 1. The Hall–Kier alpha value is -3.29. The summed E-state index contributed by atoms with van der Waals surface area (Å²) in [4.78, 5) is 8.68. The van der Waals surface area contributed by atoms with Crippen LogP contribution in [0.25, 0.3) is 22.0 Å². The third-order valence-corrected chi connectivity index (χ3v) is 5.98. The number of nitrogens with one attached hydrogen (secondary N) is 1. The lowest BCUT2D eigenvalue weighted by Crippen LogP contribution is -2.23. The van der Waals surface area contributed by atoms with Crippen molar-refractivity contribution in [2.45, 2.75) is 11.4 Å². The molecule has 1 N–H and O–H groups in total. The predicted molar refractivity (Wildman–Crippen MR) is 112 cm³/mol. The lowest BCUT2D eigenvalue weighted by Gasteiger charge is -2.09. The third-order valence-electron chi connectivity index (χ3n) is 4.58. The molecule has 0 saturated carbocycles. The molecule has 4 aromatic rings. The lowest BCUT2D eigenvalue weighted by molar-refractivity contribution is 0.415. The molecule has 0 bridgehead atoms. The zero-order valence-electron chi connectivity index (χ0n) is 15.7. The summed E-state index contributed by atoms with van der Waals surface area (Å²) in [5, 5.41) is 1.87. The van der Waals surface area contributed by atoms with Gasteiger partial charge in [-0.3, -0.25) is 0 Å². The summed E-state index contributed by atoms with van der Waals surface area (Å²) in [6.07, 6.45) is 1.43. The molecular weight excluding hydrogens is 386 g/mol. The molecule has 0 aliphatic rings. The highest BCUT2D eigenvalue weighted by molar-refractivity contribution is 7.89. The van der Waals surface area contributed by atoms with Gasteiger partial charge in [-0.05, 0) is 53.2 Å². The Labute approximate surface area is 169 Å². The molecule has 29 heavy (non-hydrogen) atoms. The van der Waals surface area contributed by atoms with Crippen molar-refractivity contribution in [3.05, 3.63) is 84.8 Å². The Morgan fingerprint density at radius 3 is 2.41 bits per heavy atom. The maximum Gasteiger partial charge on any atom is 0.240 e. The molecule has 0 amide bonds. The normalized spacial score (nSPS) is 11.5. The van der Waals surface area contributed by atoms with Crippen LogP contribution in [0, 0.1) is 0 Å². The van der Waals surface area contributed by atoms with Gasteiger partial charge in [-0.1, -0.05) is 30.3 Å². The van der Waals surface area contributed by atoms with Gasteiger partial charge in [0.1, 0.15) is 12.1 Å². The number of ether oxygens (including phenoxy) is 1. The van der Waals surface area contributed by atoms with Gasteiger partial charge in [-0.15, -0.1) is 0 Å². The van der Waals surface area contributed by atoms with Crippen LogP contribution in [-0.4, -0.2) is 25.5 Å². The van der Waals surface area contributed by atoms with E-state index in [4.69, 9.17) is 4.74 Å². The van der Waals surface area contributed by atoms with E-state index in [1.54, 1.807) is 31.4 Å². The molecule has 3 aromatic carbocycles. The fourth-order valence-corrected chi connectivity index (χ4v) is 4.03. The number of methoxy groups -OCH3 is 1. The minimum Gasteiger partial charge on any atom is -0.497 e. The zero-order chi connectivity index (χ0) is 20.3. The average molecular weight is 405 g/mol. The molecule has 1 heterocycles. The Morgan fingerprint density at radius 1 is 0.897 bits per heavy atom. The van der Waals surface area contributed by atoms with E-state index in [0.717, 1.165) is 22.1 Å². The number of aromatic nitrogens is 2. The molecule has 0 aliphatic heterocycles. The summed E-state index contributed by atoms with van der Waals surface area (Å²) >= 11 is 0. The number of benzene rings is 3. The molecule has 6 nitrogen and oxygen atoms in total.